The molecule has 2 rings (SSSR count). The van der Waals surface area contributed by atoms with E-state index < -0.39 is 0 Å². The fourth-order valence-corrected chi connectivity index (χ4v) is 1.67. The number of hydrogen-bond acceptors (Lipinski definition) is 3. The first kappa shape index (κ1) is 11.9. The van der Waals surface area contributed by atoms with Gasteiger partial charge in [-0.05, 0) is 24.6 Å². The SMILES string of the molecule is CCCc1nccnc1Oc1cccc(Cl)c1. The molecule has 1 aromatic carbocycles. The number of nitrogens with zero attached hydrogens (tertiary/aromatic N) is 2. The molecule has 1 heterocycles. The van der Waals surface area contributed by atoms with Crippen molar-refractivity contribution >= 4 is 11.6 Å². The van der Waals surface area contributed by atoms with E-state index in [1.54, 1.807) is 24.5 Å². The number of hydrogen-bond donors (Lipinski definition) is 0. The number of rotatable bonds is 4. The average molecular weight is 249 g/mol. The van der Waals surface area contributed by atoms with E-state index in [-0.39, 0.29) is 0 Å². The van der Waals surface area contributed by atoms with Crippen LogP contribution >= 0.6 is 11.6 Å². The monoisotopic (exact) mass is 248 g/mol. The van der Waals surface area contributed by atoms with Crippen LogP contribution in [0.25, 0.3) is 0 Å². The molecule has 0 spiro atoms. The van der Waals surface area contributed by atoms with Crippen LogP contribution in [0.1, 0.15) is 19.0 Å². The first-order valence-corrected chi connectivity index (χ1v) is 5.90. The maximum atomic E-state index is 5.90. The molecule has 1 aromatic heterocycles. The van der Waals surface area contributed by atoms with Gasteiger partial charge in [-0.2, -0.15) is 0 Å². The lowest BCUT2D eigenvalue weighted by Gasteiger charge is -2.08. The first-order chi connectivity index (χ1) is 8.29. The van der Waals surface area contributed by atoms with Gasteiger partial charge in [-0.1, -0.05) is 31.0 Å². The van der Waals surface area contributed by atoms with Gasteiger partial charge in [-0.25, -0.2) is 4.98 Å². The van der Waals surface area contributed by atoms with Crippen molar-refractivity contribution in [2.45, 2.75) is 19.8 Å². The zero-order valence-corrected chi connectivity index (χ0v) is 10.3. The van der Waals surface area contributed by atoms with Gasteiger partial charge in [-0.15, -0.1) is 0 Å². The Bertz CT molecular complexity index is 502. The van der Waals surface area contributed by atoms with Crippen molar-refractivity contribution in [2.75, 3.05) is 0 Å². The summed E-state index contributed by atoms with van der Waals surface area (Å²) >= 11 is 5.90. The molecule has 17 heavy (non-hydrogen) atoms. The van der Waals surface area contributed by atoms with Crippen LogP contribution in [0, 0.1) is 0 Å². The van der Waals surface area contributed by atoms with Crippen LogP contribution in [0.5, 0.6) is 11.6 Å². The van der Waals surface area contributed by atoms with E-state index >= 15 is 0 Å². The standard InChI is InChI=1S/C13H13ClN2O/c1-2-4-12-13(16-8-7-15-12)17-11-6-3-5-10(14)9-11/h3,5-9H,2,4H2,1H3. The van der Waals surface area contributed by atoms with Crippen LogP contribution in [0.4, 0.5) is 0 Å². The number of aromatic nitrogens is 2. The molecule has 88 valence electrons. The van der Waals surface area contributed by atoms with Gasteiger partial charge < -0.3 is 4.74 Å². The van der Waals surface area contributed by atoms with Gasteiger partial charge in [0.25, 0.3) is 0 Å². The van der Waals surface area contributed by atoms with Crippen LogP contribution in [0.2, 0.25) is 5.02 Å². The Hall–Kier alpha value is -1.61. The summed E-state index contributed by atoms with van der Waals surface area (Å²) in [5.74, 6) is 1.23. The highest BCUT2D eigenvalue weighted by atomic mass is 35.5. The first-order valence-electron chi connectivity index (χ1n) is 5.53. The lowest BCUT2D eigenvalue weighted by molar-refractivity contribution is 0.451. The van der Waals surface area contributed by atoms with Crippen molar-refractivity contribution in [1.29, 1.82) is 0 Å². The second-order valence-corrected chi connectivity index (χ2v) is 4.05. The summed E-state index contributed by atoms with van der Waals surface area (Å²) in [5, 5.41) is 0.642. The molecule has 4 heteroatoms. The van der Waals surface area contributed by atoms with E-state index in [9.17, 15) is 0 Å². The molecule has 0 N–H and O–H groups in total. The van der Waals surface area contributed by atoms with Gasteiger partial charge in [0.15, 0.2) is 0 Å². The second kappa shape index (κ2) is 5.64. The molecule has 0 saturated heterocycles. The predicted molar refractivity (Wildman–Crippen MR) is 67.6 cm³/mol. The van der Waals surface area contributed by atoms with Gasteiger partial charge in [0, 0.05) is 17.4 Å². The topological polar surface area (TPSA) is 35.0 Å². The van der Waals surface area contributed by atoms with Gasteiger partial charge in [0.1, 0.15) is 11.4 Å². The van der Waals surface area contributed by atoms with Crippen molar-refractivity contribution in [2.24, 2.45) is 0 Å². The van der Waals surface area contributed by atoms with Crippen molar-refractivity contribution in [3.05, 3.63) is 47.4 Å². The Morgan fingerprint density at radius 2 is 2.06 bits per heavy atom. The normalized spacial score (nSPS) is 10.2. The second-order valence-electron chi connectivity index (χ2n) is 3.62. The molecule has 3 nitrogen and oxygen atoms in total. The number of ether oxygens (including phenoxy) is 1. The van der Waals surface area contributed by atoms with E-state index in [4.69, 9.17) is 16.3 Å². The molecule has 0 radical (unpaired) electrons. The lowest BCUT2D eigenvalue weighted by atomic mass is 10.2. The highest BCUT2D eigenvalue weighted by Crippen LogP contribution is 2.24. The Morgan fingerprint density at radius 3 is 2.82 bits per heavy atom. The highest BCUT2D eigenvalue weighted by molar-refractivity contribution is 6.30. The third-order valence-corrected chi connectivity index (χ3v) is 2.47. The van der Waals surface area contributed by atoms with Gasteiger partial charge >= 0.3 is 0 Å². The van der Waals surface area contributed by atoms with Crippen LogP contribution in [-0.4, -0.2) is 9.97 Å². The molecule has 0 amide bonds. The van der Waals surface area contributed by atoms with Crippen LogP contribution in [0.3, 0.4) is 0 Å². The summed E-state index contributed by atoms with van der Waals surface area (Å²) in [4.78, 5) is 8.46. The molecule has 0 fully saturated rings. The van der Waals surface area contributed by atoms with Crippen LogP contribution < -0.4 is 4.74 Å². The minimum absolute atomic E-state index is 0.552. The van der Waals surface area contributed by atoms with Gasteiger partial charge in [0.05, 0.1) is 0 Å². The maximum Gasteiger partial charge on any atom is 0.241 e. The third-order valence-electron chi connectivity index (χ3n) is 2.23. The fraction of sp³-hybridized carbons (Fsp3) is 0.231. The summed E-state index contributed by atoms with van der Waals surface area (Å²) in [7, 11) is 0. The van der Waals surface area contributed by atoms with Crippen molar-refractivity contribution < 1.29 is 4.74 Å². The number of aryl methyl sites for hydroxylation is 1. The van der Waals surface area contributed by atoms with E-state index in [2.05, 4.69) is 16.9 Å². The summed E-state index contributed by atoms with van der Waals surface area (Å²) < 4.78 is 5.68. The third kappa shape index (κ3) is 3.17. The molecule has 0 bridgehead atoms. The average Bonchev–Trinajstić information content (AvgIpc) is 2.32. The zero-order valence-electron chi connectivity index (χ0n) is 9.56. The zero-order chi connectivity index (χ0) is 12.1. The quantitative estimate of drug-likeness (QED) is 0.824. The Labute approximate surface area is 105 Å². The summed E-state index contributed by atoms with van der Waals surface area (Å²) in [6.45, 7) is 2.10. The number of halogens is 1. The van der Waals surface area contributed by atoms with E-state index in [1.165, 1.54) is 0 Å². The molecular formula is C13H13ClN2O. The van der Waals surface area contributed by atoms with Crippen molar-refractivity contribution in [1.82, 2.24) is 9.97 Å². The summed E-state index contributed by atoms with van der Waals surface area (Å²) in [6.07, 6.45) is 5.16. The fourth-order valence-electron chi connectivity index (χ4n) is 1.49. The number of benzene rings is 1. The smallest absolute Gasteiger partial charge is 0.241 e. The Balaban J connectivity index is 2.23. The molecule has 0 aliphatic carbocycles. The van der Waals surface area contributed by atoms with Gasteiger partial charge in [-0.3, -0.25) is 4.98 Å². The van der Waals surface area contributed by atoms with Gasteiger partial charge in [0.2, 0.25) is 5.88 Å². The summed E-state index contributed by atoms with van der Waals surface area (Å²) in [5.41, 5.74) is 0.870. The Kier molecular flexibility index (Phi) is 3.94. The largest absolute Gasteiger partial charge is 0.437 e. The maximum absolute atomic E-state index is 5.90. The minimum Gasteiger partial charge on any atom is -0.437 e. The van der Waals surface area contributed by atoms with E-state index in [0.717, 1.165) is 18.5 Å². The molecule has 0 aliphatic heterocycles. The molecule has 0 atom stereocenters. The van der Waals surface area contributed by atoms with Crippen molar-refractivity contribution in [3.8, 4) is 11.6 Å². The molecular weight excluding hydrogens is 236 g/mol. The Morgan fingerprint density at radius 1 is 1.24 bits per heavy atom. The lowest BCUT2D eigenvalue weighted by Crippen LogP contribution is -1.97. The minimum atomic E-state index is 0.552. The molecule has 2 aromatic rings. The molecule has 0 saturated carbocycles. The van der Waals surface area contributed by atoms with Crippen LogP contribution in [-0.2, 0) is 6.42 Å². The van der Waals surface area contributed by atoms with E-state index in [0.29, 0.717) is 16.7 Å². The highest BCUT2D eigenvalue weighted by Gasteiger charge is 2.06. The van der Waals surface area contributed by atoms with Crippen LogP contribution in [0.15, 0.2) is 36.7 Å². The molecule has 0 aliphatic rings. The molecule has 0 unspecified atom stereocenters. The summed E-state index contributed by atoms with van der Waals surface area (Å²) in [6, 6.07) is 7.24. The van der Waals surface area contributed by atoms with Crippen molar-refractivity contribution in [3.63, 3.8) is 0 Å². The predicted octanol–water partition coefficient (Wildman–Crippen LogP) is 3.87. The van der Waals surface area contributed by atoms with E-state index in [1.807, 2.05) is 12.1 Å².